The fourth-order valence-electron chi connectivity index (χ4n) is 4.16. The molecule has 2 saturated carbocycles. The largest absolute Gasteiger partial charge is 0.666 e. The molecule has 182 valence electrons. The number of aromatic amines is 1. The maximum Gasteiger partial charge on any atom is 0.393 e. The Morgan fingerprint density at radius 1 is 1.26 bits per heavy atom. The van der Waals surface area contributed by atoms with Crippen LogP contribution in [0.5, 0.6) is 0 Å². The molecule has 1 amide bonds. The second kappa shape index (κ2) is 8.87. The van der Waals surface area contributed by atoms with Crippen molar-refractivity contribution in [2.75, 3.05) is 13.1 Å². The molecule has 0 spiro atoms. The molecular formula is C22H24F3N6O3-. The number of nitrogens with one attached hydrogen (secondary N) is 2. The standard InChI is InChI=1S/C12H15F3N3O.C10H9N3O2/c13-12(14,15)11(3-4-11)9(17)10(19)18-5-1-8(7-16)2-6-18;14-10(15)6-3-11-9-8(6)13-7(4-12-9)5-1-2-5/h8-9,17H,1-6H2;3-5H,1-2H2,(H,11,12)(H,14,15)/q-1;/t9-;/m0./s1. The molecule has 12 heteroatoms. The maximum absolute atomic E-state index is 12.9. The van der Waals surface area contributed by atoms with Gasteiger partial charge in [-0.1, -0.05) is 0 Å². The number of alkyl halides is 3. The molecule has 0 bridgehead atoms. The van der Waals surface area contributed by atoms with E-state index in [0.29, 0.717) is 29.9 Å². The van der Waals surface area contributed by atoms with Gasteiger partial charge < -0.3 is 20.7 Å². The van der Waals surface area contributed by atoms with Crippen molar-refractivity contribution in [3.63, 3.8) is 0 Å². The van der Waals surface area contributed by atoms with Gasteiger partial charge in [0.2, 0.25) is 5.91 Å². The van der Waals surface area contributed by atoms with Crippen molar-refractivity contribution >= 4 is 23.0 Å². The zero-order chi connectivity index (χ0) is 24.7. The Morgan fingerprint density at radius 3 is 2.41 bits per heavy atom. The number of hydrogen-bond donors (Lipinski definition) is 2. The molecule has 0 radical (unpaired) electrons. The zero-order valence-electron chi connectivity index (χ0n) is 18.2. The highest BCUT2D eigenvalue weighted by Gasteiger charge is 2.65. The lowest BCUT2D eigenvalue weighted by Crippen LogP contribution is -2.48. The van der Waals surface area contributed by atoms with Crippen LogP contribution in [0.4, 0.5) is 13.2 Å². The van der Waals surface area contributed by atoms with Gasteiger partial charge in [0.05, 0.1) is 23.4 Å². The first-order valence-corrected chi connectivity index (χ1v) is 11.1. The molecule has 2 aromatic rings. The van der Waals surface area contributed by atoms with E-state index in [1.54, 1.807) is 6.20 Å². The van der Waals surface area contributed by atoms with E-state index in [2.05, 4.69) is 21.0 Å². The lowest BCUT2D eigenvalue weighted by atomic mass is 9.93. The molecule has 0 unspecified atom stereocenters. The second-order valence-corrected chi connectivity index (χ2v) is 9.09. The van der Waals surface area contributed by atoms with Gasteiger partial charge in [0.25, 0.3) is 0 Å². The highest BCUT2D eigenvalue weighted by Crippen LogP contribution is 2.60. The third-order valence-corrected chi connectivity index (χ3v) is 6.77. The smallest absolute Gasteiger partial charge is 0.393 e. The fourth-order valence-corrected chi connectivity index (χ4v) is 4.16. The summed E-state index contributed by atoms with van der Waals surface area (Å²) in [5.41, 5.74) is 7.63. The molecule has 3 fully saturated rings. The average Bonchev–Trinajstić information content (AvgIpc) is 3.74. The average molecular weight is 477 g/mol. The number of likely N-dealkylation sites (tertiary alicyclic amines) is 1. The summed E-state index contributed by atoms with van der Waals surface area (Å²) in [6, 6.07) is 0.336. The highest BCUT2D eigenvalue weighted by atomic mass is 19.4. The number of rotatable bonds is 4. The van der Waals surface area contributed by atoms with E-state index in [-0.39, 0.29) is 37.4 Å². The highest BCUT2D eigenvalue weighted by molar-refractivity contribution is 6.00. The minimum Gasteiger partial charge on any atom is -0.666 e. The SMILES string of the molecule is N#CC1CCN(C(=O)[C@H]([NH-])C2(C(F)(F)F)CC2)CC1.O=C(O)c1c[nH]c2ncc(C3CC3)nc12. The van der Waals surface area contributed by atoms with E-state index in [0.717, 1.165) is 18.5 Å². The van der Waals surface area contributed by atoms with Gasteiger partial charge in [0.15, 0.2) is 5.65 Å². The number of aromatic carboxylic acids is 1. The number of nitrogens with zero attached hydrogens (tertiary/aromatic N) is 4. The van der Waals surface area contributed by atoms with E-state index >= 15 is 0 Å². The van der Waals surface area contributed by atoms with Crippen LogP contribution < -0.4 is 0 Å². The third kappa shape index (κ3) is 4.57. The molecule has 1 saturated heterocycles. The van der Waals surface area contributed by atoms with Crippen LogP contribution in [0.15, 0.2) is 12.4 Å². The minimum atomic E-state index is -4.49. The van der Waals surface area contributed by atoms with Gasteiger partial charge in [0.1, 0.15) is 11.1 Å². The maximum atomic E-state index is 12.9. The van der Waals surface area contributed by atoms with Crippen LogP contribution in [0.2, 0.25) is 0 Å². The van der Waals surface area contributed by atoms with Crippen LogP contribution >= 0.6 is 0 Å². The zero-order valence-corrected chi connectivity index (χ0v) is 18.2. The summed E-state index contributed by atoms with van der Waals surface area (Å²) in [5.74, 6) is -1.36. The molecule has 34 heavy (non-hydrogen) atoms. The third-order valence-electron chi connectivity index (χ3n) is 6.77. The van der Waals surface area contributed by atoms with Crippen LogP contribution in [-0.4, -0.2) is 62.1 Å². The van der Waals surface area contributed by atoms with Crippen LogP contribution in [0, 0.1) is 22.7 Å². The second-order valence-electron chi connectivity index (χ2n) is 9.09. The number of aromatic nitrogens is 3. The molecule has 3 heterocycles. The topological polar surface area (TPSA) is 147 Å². The summed E-state index contributed by atoms with van der Waals surface area (Å²) in [5, 5.41) is 17.7. The number of amides is 1. The van der Waals surface area contributed by atoms with Crippen molar-refractivity contribution in [2.24, 2.45) is 11.3 Å². The first-order chi connectivity index (χ1) is 16.1. The number of carboxylic acids is 1. The molecule has 1 atom stereocenters. The molecule has 5 rings (SSSR count). The van der Waals surface area contributed by atoms with Gasteiger partial charge in [-0.3, -0.25) is 4.79 Å². The minimum absolute atomic E-state index is 0.134. The van der Waals surface area contributed by atoms with Gasteiger partial charge in [-0.25, -0.2) is 14.8 Å². The Morgan fingerprint density at radius 2 is 1.91 bits per heavy atom. The van der Waals surface area contributed by atoms with E-state index < -0.39 is 29.5 Å². The molecule has 2 aliphatic carbocycles. The number of carboxylic acid groups (broad SMARTS) is 1. The Hall–Kier alpha value is -3.20. The molecule has 2 aromatic heterocycles. The molecule has 3 aliphatic rings. The van der Waals surface area contributed by atoms with Crippen LogP contribution in [0.3, 0.4) is 0 Å². The van der Waals surface area contributed by atoms with Crippen LogP contribution in [0.1, 0.15) is 60.5 Å². The Balaban J connectivity index is 0.000000165. The predicted octanol–water partition coefficient (Wildman–Crippen LogP) is 4.05. The number of halogens is 3. The van der Waals surface area contributed by atoms with E-state index in [9.17, 15) is 22.8 Å². The molecular weight excluding hydrogens is 453 g/mol. The van der Waals surface area contributed by atoms with E-state index in [1.807, 2.05) is 0 Å². The predicted molar refractivity (Wildman–Crippen MR) is 114 cm³/mol. The van der Waals surface area contributed by atoms with Crippen molar-refractivity contribution in [3.05, 3.63) is 29.4 Å². The molecule has 3 N–H and O–H groups in total. The van der Waals surface area contributed by atoms with E-state index in [4.69, 9.17) is 16.1 Å². The normalized spacial score (nSPS) is 20.7. The number of piperidine rings is 1. The van der Waals surface area contributed by atoms with Gasteiger partial charge >= 0.3 is 12.1 Å². The van der Waals surface area contributed by atoms with Crippen molar-refractivity contribution in [2.45, 2.75) is 56.7 Å². The van der Waals surface area contributed by atoms with Crippen LogP contribution in [0.25, 0.3) is 16.9 Å². The first kappa shape index (κ1) is 23.9. The van der Waals surface area contributed by atoms with Gasteiger partial charge in [-0.2, -0.15) is 18.4 Å². The van der Waals surface area contributed by atoms with Crippen molar-refractivity contribution in [1.82, 2.24) is 19.9 Å². The summed E-state index contributed by atoms with van der Waals surface area (Å²) in [6.45, 7) is 0.556. The number of carbonyl (C=O) groups excluding carboxylic acids is 1. The Bertz CT molecular complexity index is 1130. The summed E-state index contributed by atoms with van der Waals surface area (Å²) in [7, 11) is 0. The van der Waals surface area contributed by atoms with Crippen molar-refractivity contribution in [1.29, 1.82) is 5.26 Å². The van der Waals surface area contributed by atoms with E-state index in [1.165, 1.54) is 11.1 Å². The lowest BCUT2D eigenvalue weighted by molar-refractivity contribution is -0.193. The molecule has 9 nitrogen and oxygen atoms in total. The lowest BCUT2D eigenvalue weighted by Gasteiger charge is -2.38. The van der Waals surface area contributed by atoms with Crippen molar-refractivity contribution in [3.8, 4) is 6.07 Å². The summed E-state index contributed by atoms with van der Waals surface area (Å²) >= 11 is 0. The fraction of sp³-hybridized carbons (Fsp3) is 0.591. The van der Waals surface area contributed by atoms with Gasteiger partial charge in [-0.15, -0.1) is 0 Å². The van der Waals surface area contributed by atoms with Gasteiger partial charge in [0, 0.05) is 31.1 Å². The summed E-state index contributed by atoms with van der Waals surface area (Å²) in [4.78, 5) is 35.5. The van der Waals surface area contributed by atoms with Crippen molar-refractivity contribution < 1.29 is 27.9 Å². The quantitative estimate of drug-likeness (QED) is 0.679. The number of hydrogen-bond acceptors (Lipinski definition) is 5. The number of nitriles is 1. The number of carbonyl (C=O) groups is 2. The monoisotopic (exact) mass is 477 g/mol. The van der Waals surface area contributed by atoms with Crippen LogP contribution in [-0.2, 0) is 4.79 Å². The summed E-state index contributed by atoms with van der Waals surface area (Å²) in [6.07, 6.45) is 1.63. The summed E-state index contributed by atoms with van der Waals surface area (Å²) < 4.78 is 38.6. The Labute approximate surface area is 193 Å². The molecule has 1 aliphatic heterocycles. The number of fused-ring (bicyclic) bond motifs is 1. The first-order valence-electron chi connectivity index (χ1n) is 11.1. The van der Waals surface area contributed by atoms with Gasteiger partial charge in [-0.05, 0) is 44.6 Å². The number of H-pyrrole nitrogens is 1. The molecule has 0 aromatic carbocycles. The Kier molecular flexibility index (Phi) is 6.24.